The van der Waals surface area contributed by atoms with Gasteiger partial charge in [0.15, 0.2) is 0 Å². The molecule has 3 aliphatic carbocycles. The topological polar surface area (TPSA) is 71.4 Å². The van der Waals surface area contributed by atoms with Crippen LogP contribution in [0.5, 0.6) is 0 Å². The second kappa shape index (κ2) is 12.7. The van der Waals surface area contributed by atoms with Crippen LogP contribution in [0.4, 0.5) is 0 Å². The SMILES string of the molecule is N#Cc1cccc2c1C1c3c(ccc(-c4cccc5c6ccccc6c6ccccc6c45)c3C#N)C2c2ccc(-c3cccc4c5ccccc5c5ccccc5c34)c(C#N)c21. The maximum Gasteiger partial charge on any atom is 0.100 e. The minimum atomic E-state index is -0.514. The lowest BCUT2D eigenvalue weighted by Gasteiger charge is -2.44. The molecule has 0 amide bonds. The molecule has 3 nitrogen and oxygen atoms in total. The fourth-order valence-electron chi connectivity index (χ4n) is 11.6. The van der Waals surface area contributed by atoms with Crippen molar-refractivity contribution in [2.45, 2.75) is 11.8 Å². The lowest BCUT2D eigenvalue weighted by Crippen LogP contribution is -2.30. The van der Waals surface area contributed by atoms with E-state index in [9.17, 15) is 15.8 Å². The van der Waals surface area contributed by atoms with Gasteiger partial charge in [0.1, 0.15) is 12.1 Å². The van der Waals surface area contributed by atoms with Crippen molar-refractivity contribution in [2.75, 3.05) is 0 Å². The summed E-state index contributed by atoms with van der Waals surface area (Å²) in [6.07, 6.45) is 0. The minimum Gasteiger partial charge on any atom is -0.192 e. The fraction of sp³-hybridized carbons (Fsp3) is 0.0339. The van der Waals surface area contributed by atoms with Gasteiger partial charge in [0, 0.05) is 23.0 Å². The molecule has 0 heterocycles. The molecule has 0 spiro atoms. The molecule has 0 saturated carbocycles. The zero-order valence-electron chi connectivity index (χ0n) is 33.2. The van der Waals surface area contributed by atoms with Gasteiger partial charge >= 0.3 is 0 Å². The van der Waals surface area contributed by atoms with Crippen molar-refractivity contribution < 1.29 is 0 Å². The maximum absolute atomic E-state index is 11.5. The van der Waals surface area contributed by atoms with Crippen LogP contribution in [-0.4, -0.2) is 0 Å². The highest BCUT2D eigenvalue weighted by Gasteiger charge is 2.46. The summed E-state index contributed by atoms with van der Waals surface area (Å²) in [5.74, 6) is -0.773. The molecule has 3 heteroatoms. The Morgan fingerprint density at radius 1 is 0.274 bits per heavy atom. The molecule has 0 atom stereocenters. The molecule has 0 radical (unpaired) electrons. The first-order valence-corrected chi connectivity index (χ1v) is 21.0. The van der Waals surface area contributed by atoms with Gasteiger partial charge in [-0.05, 0) is 115 Å². The normalized spacial score (nSPS) is 14.7. The first kappa shape index (κ1) is 34.3. The number of nitriles is 3. The summed E-state index contributed by atoms with van der Waals surface area (Å²) in [6.45, 7) is 0. The molecule has 62 heavy (non-hydrogen) atoms. The third-order valence-electron chi connectivity index (χ3n) is 14.0. The van der Waals surface area contributed by atoms with E-state index >= 15 is 0 Å². The number of benzene rings is 11. The van der Waals surface area contributed by atoms with Crippen LogP contribution >= 0.6 is 0 Å². The van der Waals surface area contributed by atoms with Crippen molar-refractivity contribution in [1.82, 2.24) is 0 Å². The highest BCUT2D eigenvalue weighted by molar-refractivity contribution is 6.30. The predicted molar refractivity (Wildman–Crippen MR) is 251 cm³/mol. The van der Waals surface area contributed by atoms with Gasteiger partial charge in [-0.25, -0.2) is 0 Å². The lowest BCUT2D eigenvalue weighted by atomic mass is 9.58. The van der Waals surface area contributed by atoms with Gasteiger partial charge in [0.2, 0.25) is 0 Å². The Kier molecular flexibility index (Phi) is 7.05. The summed E-state index contributed by atoms with van der Waals surface area (Å²) in [5.41, 5.74) is 11.3. The summed E-state index contributed by atoms with van der Waals surface area (Å²) in [4.78, 5) is 0. The van der Waals surface area contributed by atoms with Crippen molar-refractivity contribution in [3.05, 3.63) is 226 Å². The van der Waals surface area contributed by atoms with Crippen LogP contribution in [0.2, 0.25) is 0 Å². The van der Waals surface area contributed by atoms with E-state index in [-0.39, 0.29) is 5.92 Å². The first-order valence-electron chi connectivity index (χ1n) is 21.0. The summed E-state index contributed by atoms with van der Waals surface area (Å²) in [7, 11) is 0. The molecule has 2 bridgehead atoms. The van der Waals surface area contributed by atoms with Crippen LogP contribution in [0.25, 0.3) is 86.9 Å². The Morgan fingerprint density at radius 3 is 1.03 bits per heavy atom. The lowest BCUT2D eigenvalue weighted by molar-refractivity contribution is 0.748. The van der Waals surface area contributed by atoms with Crippen LogP contribution in [0.3, 0.4) is 0 Å². The summed E-state index contributed by atoms with van der Waals surface area (Å²) < 4.78 is 0. The van der Waals surface area contributed by atoms with E-state index in [4.69, 9.17) is 0 Å². The number of hydrogen-bond donors (Lipinski definition) is 0. The molecular weight excluding hydrogens is 751 g/mol. The highest BCUT2D eigenvalue weighted by Crippen LogP contribution is 2.60. The van der Waals surface area contributed by atoms with E-state index in [1.807, 2.05) is 12.1 Å². The number of fused-ring (bicyclic) bond motifs is 12. The minimum absolute atomic E-state index is 0.259. The monoisotopic (exact) mass is 781 g/mol. The molecule has 11 aromatic rings. The van der Waals surface area contributed by atoms with E-state index in [0.717, 1.165) is 88.0 Å². The van der Waals surface area contributed by atoms with Gasteiger partial charge in [-0.2, -0.15) is 15.8 Å². The van der Waals surface area contributed by atoms with Crippen molar-refractivity contribution in [3.63, 3.8) is 0 Å². The zero-order valence-corrected chi connectivity index (χ0v) is 33.2. The molecule has 0 aromatic heterocycles. The van der Waals surface area contributed by atoms with Crippen LogP contribution in [0.1, 0.15) is 61.9 Å². The molecule has 0 saturated heterocycles. The van der Waals surface area contributed by atoms with Crippen LogP contribution in [-0.2, 0) is 0 Å². The second-order valence-electron chi connectivity index (χ2n) is 16.6. The predicted octanol–water partition coefficient (Wildman–Crippen LogP) is 14.5. The summed E-state index contributed by atoms with van der Waals surface area (Å²) in [5, 5.41) is 47.6. The first-order chi connectivity index (χ1) is 30.7. The largest absolute Gasteiger partial charge is 0.192 e. The van der Waals surface area contributed by atoms with Crippen LogP contribution in [0.15, 0.2) is 176 Å². The molecule has 14 rings (SSSR count). The molecule has 0 fully saturated rings. The Bertz CT molecular complexity index is 3660. The number of hydrogen-bond acceptors (Lipinski definition) is 3. The Morgan fingerprint density at radius 2 is 0.629 bits per heavy atom. The molecule has 282 valence electrons. The van der Waals surface area contributed by atoms with E-state index in [1.165, 1.54) is 32.3 Å². The van der Waals surface area contributed by atoms with Crippen molar-refractivity contribution in [2.24, 2.45) is 0 Å². The number of nitrogens with zero attached hydrogens (tertiary/aromatic N) is 3. The molecule has 3 aliphatic rings. The van der Waals surface area contributed by atoms with Crippen LogP contribution < -0.4 is 0 Å². The fourth-order valence-corrected chi connectivity index (χ4v) is 11.6. The van der Waals surface area contributed by atoms with Crippen molar-refractivity contribution in [1.29, 1.82) is 15.8 Å². The van der Waals surface area contributed by atoms with Gasteiger partial charge in [0.25, 0.3) is 0 Å². The van der Waals surface area contributed by atoms with Gasteiger partial charge in [0.05, 0.1) is 22.8 Å². The van der Waals surface area contributed by atoms with E-state index < -0.39 is 5.92 Å². The second-order valence-corrected chi connectivity index (χ2v) is 16.6. The summed E-state index contributed by atoms with van der Waals surface area (Å²) >= 11 is 0. The molecule has 0 aliphatic heterocycles. The van der Waals surface area contributed by atoms with Gasteiger partial charge in [-0.3, -0.25) is 0 Å². The molecule has 0 unspecified atom stereocenters. The standard InChI is InChI=1S/C59H31N3/c60-30-33-12-9-25-48-53(33)59-57-49(28-26-40(51(57)31-61)46-23-10-21-44-38-15-3-1-13-34(38)36-17-5-7-19-42(36)54(44)46)56(48)50-29-27-41(52(32-62)58(50)59)47-24-11-22-45-39-16-4-2-14-35(39)37-18-6-8-20-43(37)55(45)47/h1-29,56,59H. The number of rotatable bonds is 2. The van der Waals surface area contributed by atoms with E-state index in [0.29, 0.717) is 16.7 Å². The van der Waals surface area contributed by atoms with Crippen molar-refractivity contribution in [3.8, 4) is 40.5 Å². The van der Waals surface area contributed by atoms with Crippen LogP contribution in [0, 0.1) is 34.0 Å². The van der Waals surface area contributed by atoms with Gasteiger partial charge in [-0.1, -0.05) is 170 Å². The molecule has 0 N–H and O–H groups in total. The van der Waals surface area contributed by atoms with Gasteiger partial charge in [-0.15, -0.1) is 0 Å². The average molecular weight is 782 g/mol. The maximum atomic E-state index is 11.5. The molecular formula is C59H31N3. The summed E-state index contributed by atoms with van der Waals surface area (Å²) in [6, 6.07) is 69.7. The zero-order chi connectivity index (χ0) is 41.2. The van der Waals surface area contributed by atoms with Gasteiger partial charge < -0.3 is 0 Å². The van der Waals surface area contributed by atoms with Crippen molar-refractivity contribution >= 4 is 64.6 Å². The Hall–Kier alpha value is -8.55. The third kappa shape index (κ3) is 4.35. The third-order valence-corrected chi connectivity index (χ3v) is 14.0. The van der Waals surface area contributed by atoms with E-state index in [2.05, 4.69) is 182 Å². The Balaban J connectivity index is 1.13. The van der Waals surface area contributed by atoms with E-state index in [1.54, 1.807) is 0 Å². The Labute approximate surface area is 357 Å². The quantitative estimate of drug-likeness (QED) is 0.164. The average Bonchev–Trinajstić information content (AvgIpc) is 3.35. The smallest absolute Gasteiger partial charge is 0.100 e. The molecule has 11 aromatic carbocycles. The highest BCUT2D eigenvalue weighted by atomic mass is 14.5.